The third-order valence-corrected chi connectivity index (χ3v) is 10.3. The summed E-state index contributed by atoms with van der Waals surface area (Å²) in [6, 6.07) is 11.4. The monoisotopic (exact) mass is 967 g/mol. The number of carbonyl (C=O) groups is 3. The number of amides is 2. The van der Waals surface area contributed by atoms with E-state index < -0.39 is 76.9 Å². The number of pyridine rings is 1. The van der Waals surface area contributed by atoms with Crippen molar-refractivity contribution in [2.24, 2.45) is 7.05 Å². The lowest BCUT2D eigenvalue weighted by atomic mass is 9.98. The lowest BCUT2D eigenvalue weighted by Crippen LogP contribution is -2.41. The van der Waals surface area contributed by atoms with Crippen molar-refractivity contribution in [2.75, 3.05) is 18.5 Å². The molecule has 0 saturated heterocycles. The van der Waals surface area contributed by atoms with Crippen molar-refractivity contribution < 1.29 is 43.2 Å². The van der Waals surface area contributed by atoms with Crippen LogP contribution in [0.2, 0.25) is 0 Å². The summed E-state index contributed by atoms with van der Waals surface area (Å²) in [5.74, 6) is -4.89. The van der Waals surface area contributed by atoms with E-state index in [0.717, 1.165) is 15.5 Å². The van der Waals surface area contributed by atoms with Gasteiger partial charge in [0.25, 0.3) is 22.9 Å². The maximum absolute atomic E-state index is 15.3. The van der Waals surface area contributed by atoms with Crippen LogP contribution in [0.3, 0.4) is 0 Å². The van der Waals surface area contributed by atoms with Gasteiger partial charge in [0.2, 0.25) is 11.6 Å². The van der Waals surface area contributed by atoms with E-state index in [9.17, 15) is 43.7 Å². The van der Waals surface area contributed by atoms with Crippen molar-refractivity contribution in [2.45, 2.75) is 52.3 Å². The van der Waals surface area contributed by atoms with Gasteiger partial charge in [0.15, 0.2) is 11.5 Å². The second-order valence-corrected chi connectivity index (χ2v) is 15.6. The van der Waals surface area contributed by atoms with E-state index in [-0.39, 0.29) is 58.1 Å². The van der Waals surface area contributed by atoms with Crippen LogP contribution in [0.4, 0.5) is 20.2 Å². The molecule has 62 heavy (non-hydrogen) atoms. The molecule has 3 aromatic heterocycles. The Balaban J connectivity index is 1.14. The lowest BCUT2D eigenvalue weighted by Gasteiger charge is -2.18. The summed E-state index contributed by atoms with van der Waals surface area (Å²) in [5.41, 5.74) is -1.90. The summed E-state index contributed by atoms with van der Waals surface area (Å²) in [6.45, 7) is 5.94. The number of nitrogens with one attached hydrogen (secondary N) is 3. The molecule has 0 aliphatic carbocycles. The predicted octanol–water partition coefficient (Wildman–Crippen LogP) is 3.98. The lowest BCUT2D eigenvalue weighted by molar-refractivity contribution is -0.148. The second-order valence-electron chi connectivity index (χ2n) is 14.4. The molecule has 21 heteroatoms. The van der Waals surface area contributed by atoms with Crippen molar-refractivity contribution in [1.82, 2.24) is 39.5 Å². The smallest absolute Gasteiger partial charge is 0.328 e. The molecular weight excluding hydrogens is 927 g/mol. The van der Waals surface area contributed by atoms with Crippen LogP contribution in [0.25, 0.3) is 28.1 Å². The number of aliphatic hydroxyl groups excluding tert-OH is 1. The highest BCUT2D eigenvalue weighted by molar-refractivity contribution is 14.1. The molecule has 6 N–H and O–H groups in total. The van der Waals surface area contributed by atoms with E-state index in [2.05, 4.69) is 31.1 Å². The van der Waals surface area contributed by atoms with Crippen LogP contribution in [0, 0.1) is 15.2 Å². The summed E-state index contributed by atoms with van der Waals surface area (Å²) in [6.07, 6.45) is -0.484. The average molecular weight is 968 g/mol. The molecule has 2 amide bonds. The molecule has 0 unspecified atom stereocenters. The minimum atomic E-state index is -1.50. The maximum Gasteiger partial charge on any atom is 0.328 e. The second kappa shape index (κ2) is 18.5. The number of carbonyl (C=O) groups excluding carboxylic acids is 3. The maximum atomic E-state index is 15.3. The Bertz CT molecular complexity index is 2850. The summed E-state index contributed by atoms with van der Waals surface area (Å²) >= 11 is 1.88. The van der Waals surface area contributed by atoms with Crippen LogP contribution in [0.1, 0.15) is 60.2 Å². The zero-order valence-electron chi connectivity index (χ0n) is 33.7. The summed E-state index contributed by atoms with van der Waals surface area (Å²) in [4.78, 5) is 69.5. The number of halogens is 3. The fraction of sp³-hybridized carbons (Fsp3) is 0.268. The van der Waals surface area contributed by atoms with Crippen molar-refractivity contribution in [3.8, 4) is 28.6 Å². The van der Waals surface area contributed by atoms with Gasteiger partial charge in [-0.15, -0.1) is 10.2 Å². The van der Waals surface area contributed by atoms with Gasteiger partial charge < -0.3 is 36.0 Å². The number of hydrogen-bond donors (Lipinski definition) is 6. The van der Waals surface area contributed by atoms with Gasteiger partial charge in [0.05, 0.1) is 23.5 Å². The molecule has 6 rings (SSSR count). The molecule has 3 heterocycles. The first kappa shape index (κ1) is 44.8. The number of aliphatic hydroxyl groups is 1. The highest BCUT2D eigenvalue weighted by Gasteiger charge is 2.26. The van der Waals surface area contributed by atoms with E-state index in [1.807, 2.05) is 36.4 Å². The SMILES string of the molecule is CCNC(=O)c1nnc(-c2cc(C(C)C)c(O)cc2O)n1-c1ccc(C(=O)N[C@H](C)C(=O)OC[C@@H](O)Cn2cnc3c(c(Nc4ccc(I)cc4F)c(F)c(=O)n3C)c2=O)cc1. The number of benzene rings is 3. The van der Waals surface area contributed by atoms with Crippen LogP contribution in [0.15, 0.2) is 70.5 Å². The number of anilines is 2. The molecule has 2 atom stereocenters. The number of ether oxygens (including phenoxy) is 1. The Hall–Kier alpha value is -6.75. The Labute approximate surface area is 364 Å². The third-order valence-electron chi connectivity index (χ3n) is 9.61. The Morgan fingerprint density at radius 2 is 1.65 bits per heavy atom. The minimum Gasteiger partial charge on any atom is -0.508 e. The number of phenolic OH excluding ortho intramolecular Hbond substituents is 2. The Kier molecular flexibility index (Phi) is 13.3. The molecular formula is C41H40F2IN9O9. The highest BCUT2D eigenvalue weighted by Crippen LogP contribution is 2.38. The quantitative estimate of drug-likeness (QED) is 0.0670. The van der Waals surface area contributed by atoms with Gasteiger partial charge in [-0.05, 0) is 96.5 Å². The largest absolute Gasteiger partial charge is 0.508 e. The van der Waals surface area contributed by atoms with Crippen LogP contribution >= 0.6 is 22.6 Å². The number of nitrogens with zero attached hydrogens (tertiary/aromatic N) is 6. The average Bonchev–Trinajstić information content (AvgIpc) is 3.67. The molecule has 18 nitrogen and oxygen atoms in total. The third kappa shape index (κ3) is 9.12. The van der Waals surface area contributed by atoms with Gasteiger partial charge in [-0.1, -0.05) is 13.8 Å². The highest BCUT2D eigenvalue weighted by atomic mass is 127. The number of fused-ring (bicyclic) bond motifs is 1. The van der Waals surface area contributed by atoms with Crippen LogP contribution in [-0.2, 0) is 23.1 Å². The fourth-order valence-corrected chi connectivity index (χ4v) is 6.85. The van der Waals surface area contributed by atoms with E-state index in [0.29, 0.717) is 14.8 Å². The zero-order valence-corrected chi connectivity index (χ0v) is 35.9. The number of aryl methyl sites for hydroxylation is 1. The van der Waals surface area contributed by atoms with E-state index >= 15 is 4.39 Å². The normalized spacial score (nSPS) is 12.3. The van der Waals surface area contributed by atoms with Crippen molar-refractivity contribution in [3.05, 3.63) is 114 Å². The Morgan fingerprint density at radius 3 is 2.31 bits per heavy atom. The van der Waals surface area contributed by atoms with Crippen LogP contribution in [0.5, 0.6) is 11.5 Å². The van der Waals surface area contributed by atoms with Gasteiger partial charge in [0.1, 0.15) is 47.8 Å². The van der Waals surface area contributed by atoms with Gasteiger partial charge in [0, 0.05) is 34.5 Å². The van der Waals surface area contributed by atoms with Crippen LogP contribution < -0.4 is 27.1 Å². The molecule has 0 saturated carbocycles. The molecule has 0 aliphatic rings. The standard InChI is InChI=1S/C41H40F2IN9O9/c1-6-45-38(58)36-50-49-34(26-14-25(19(2)3)29(55)15-30(26)56)53(36)23-10-7-21(8-11-23)37(57)47-20(4)41(61)62-17-24(54)16-52-18-46-35-31(39(52)59)33(32(43)40(60)51(35)5)48-28-12-9-22(44)13-27(28)42/h7-15,18-20,24,48,54-56H,6,16-17H2,1-5H3,(H,45,58)(H,47,57)/t20-,24+/m1/s1. The van der Waals surface area contributed by atoms with Gasteiger partial charge in [-0.25, -0.2) is 14.2 Å². The van der Waals surface area contributed by atoms with Crippen molar-refractivity contribution in [1.29, 1.82) is 0 Å². The number of aromatic nitrogens is 6. The fourth-order valence-electron chi connectivity index (χ4n) is 6.40. The minimum absolute atomic E-state index is 0.0836. The van der Waals surface area contributed by atoms with Crippen molar-refractivity contribution in [3.63, 3.8) is 0 Å². The van der Waals surface area contributed by atoms with Gasteiger partial charge >= 0.3 is 5.97 Å². The molecule has 0 bridgehead atoms. The van der Waals surface area contributed by atoms with E-state index in [1.165, 1.54) is 67.1 Å². The molecule has 6 aromatic rings. The molecule has 0 spiro atoms. The first-order valence-electron chi connectivity index (χ1n) is 19.0. The summed E-state index contributed by atoms with van der Waals surface area (Å²) in [7, 11) is 1.21. The zero-order chi connectivity index (χ0) is 45.2. The predicted molar refractivity (Wildman–Crippen MR) is 230 cm³/mol. The van der Waals surface area contributed by atoms with E-state index in [1.54, 1.807) is 13.0 Å². The van der Waals surface area contributed by atoms with Crippen LogP contribution in [-0.4, -0.2) is 87.3 Å². The van der Waals surface area contributed by atoms with Gasteiger partial charge in [-0.3, -0.25) is 32.9 Å². The molecule has 3 aromatic carbocycles. The van der Waals surface area contributed by atoms with E-state index in [4.69, 9.17) is 4.74 Å². The number of phenols is 2. The molecule has 0 radical (unpaired) electrons. The number of rotatable bonds is 14. The summed E-state index contributed by atoms with van der Waals surface area (Å²) < 4.78 is 38.9. The number of hydrogen-bond acceptors (Lipinski definition) is 13. The summed E-state index contributed by atoms with van der Waals surface area (Å²) in [5, 5.41) is 47.4. The number of aromatic hydroxyl groups is 2. The topological polar surface area (TPSA) is 245 Å². The Morgan fingerprint density at radius 1 is 0.935 bits per heavy atom. The van der Waals surface area contributed by atoms with Crippen molar-refractivity contribution >= 4 is 62.8 Å². The first-order chi connectivity index (χ1) is 29.4. The molecule has 0 aliphatic heterocycles. The molecule has 0 fully saturated rings. The first-order valence-corrected chi connectivity index (χ1v) is 20.0. The number of esters is 1. The van der Waals surface area contributed by atoms with Gasteiger partial charge in [-0.2, -0.15) is 4.39 Å². The molecule has 324 valence electrons.